The summed E-state index contributed by atoms with van der Waals surface area (Å²) in [7, 11) is 0. The number of nitrogens with two attached hydrogens (primary N) is 1. The lowest BCUT2D eigenvalue weighted by molar-refractivity contribution is -0.170. The van der Waals surface area contributed by atoms with Crippen molar-refractivity contribution in [2.75, 3.05) is 30.8 Å². The first kappa shape index (κ1) is 20.1. The van der Waals surface area contributed by atoms with Gasteiger partial charge in [0.05, 0.1) is 24.9 Å². The number of rotatable bonds is 3. The molecule has 1 saturated heterocycles. The highest BCUT2D eigenvalue weighted by molar-refractivity contribution is 9.10. The molecule has 8 heteroatoms. The molecule has 2 aromatic heterocycles. The second-order valence-electron chi connectivity index (χ2n) is 6.12. The molecule has 6 nitrogen and oxygen atoms in total. The molecular formula is C17H22Br2N4O2. The first-order valence-electron chi connectivity index (χ1n) is 7.84. The van der Waals surface area contributed by atoms with Gasteiger partial charge in [-0.15, -0.1) is 0 Å². The highest BCUT2D eigenvalue weighted by atomic mass is 79.9. The third-order valence-corrected chi connectivity index (χ3v) is 4.17. The Bertz CT molecular complexity index is 658. The van der Waals surface area contributed by atoms with Crippen molar-refractivity contribution in [3.05, 3.63) is 45.6 Å². The molecular weight excluding hydrogens is 452 g/mol. The molecule has 0 spiro atoms. The molecule has 1 atom stereocenters. The van der Waals surface area contributed by atoms with Crippen molar-refractivity contribution >= 4 is 43.5 Å². The van der Waals surface area contributed by atoms with Crippen LogP contribution in [0, 0.1) is 0 Å². The summed E-state index contributed by atoms with van der Waals surface area (Å²) in [6.45, 7) is 6.03. The lowest BCUT2D eigenvalue weighted by atomic mass is 10.1. The van der Waals surface area contributed by atoms with E-state index in [0.717, 1.165) is 15.0 Å². The molecule has 0 bridgehead atoms. The summed E-state index contributed by atoms with van der Waals surface area (Å²) in [5, 5.41) is 3.24. The van der Waals surface area contributed by atoms with Gasteiger partial charge < -0.3 is 20.5 Å². The Morgan fingerprint density at radius 3 is 2.36 bits per heavy atom. The number of nitrogen functional groups attached to an aromatic ring is 1. The molecule has 25 heavy (non-hydrogen) atoms. The largest absolute Gasteiger partial charge is 0.384 e. The number of pyridine rings is 2. The Balaban J connectivity index is 0.000000236. The van der Waals surface area contributed by atoms with E-state index in [2.05, 4.69) is 47.1 Å². The first-order valence-corrected chi connectivity index (χ1v) is 9.43. The predicted molar refractivity (Wildman–Crippen MR) is 107 cm³/mol. The normalized spacial score (nSPS) is 18.8. The standard InChI is InChI=1S/C12H17BrN2O2.C5H5BrN2/c1-12(2)8-16-9(7-17-12)6-14-11-5-3-4-10(13)15-11;6-4-2-1-3-5(7)8-4/h3-5,9H,6-8H2,1-2H3,(H,14,15);1-3H,(H2,7,8). The van der Waals surface area contributed by atoms with Crippen molar-refractivity contribution in [3.63, 3.8) is 0 Å². The second-order valence-corrected chi connectivity index (χ2v) is 7.74. The molecule has 1 unspecified atom stereocenters. The zero-order valence-corrected chi connectivity index (χ0v) is 17.4. The van der Waals surface area contributed by atoms with E-state index in [-0.39, 0.29) is 11.7 Å². The Morgan fingerprint density at radius 2 is 1.84 bits per heavy atom. The number of ether oxygens (including phenoxy) is 2. The SMILES string of the molecule is CC1(C)COC(CNc2cccc(Br)n2)CO1.Nc1cccc(Br)n1. The van der Waals surface area contributed by atoms with Crippen LogP contribution in [0.1, 0.15) is 13.8 Å². The van der Waals surface area contributed by atoms with Crippen LogP contribution in [0.3, 0.4) is 0 Å². The molecule has 1 aliphatic heterocycles. The molecule has 2 aromatic rings. The van der Waals surface area contributed by atoms with E-state index in [1.165, 1.54) is 0 Å². The Hall–Kier alpha value is -1.22. The van der Waals surface area contributed by atoms with Crippen LogP contribution in [0.4, 0.5) is 11.6 Å². The van der Waals surface area contributed by atoms with Gasteiger partial charge in [-0.25, -0.2) is 9.97 Å². The topological polar surface area (TPSA) is 82.3 Å². The molecule has 3 N–H and O–H groups in total. The lowest BCUT2D eigenvalue weighted by Crippen LogP contribution is -2.44. The molecule has 3 rings (SSSR count). The second kappa shape index (κ2) is 9.47. The van der Waals surface area contributed by atoms with Gasteiger partial charge in [0.25, 0.3) is 0 Å². The van der Waals surface area contributed by atoms with Crippen molar-refractivity contribution in [1.29, 1.82) is 0 Å². The van der Waals surface area contributed by atoms with Gasteiger partial charge in [-0.3, -0.25) is 0 Å². The summed E-state index contributed by atoms with van der Waals surface area (Å²) < 4.78 is 13.0. The number of nitrogens with zero attached hydrogens (tertiary/aromatic N) is 2. The maximum atomic E-state index is 5.72. The zero-order chi connectivity index (χ0) is 18.3. The average Bonchev–Trinajstić information content (AvgIpc) is 2.54. The van der Waals surface area contributed by atoms with Crippen LogP contribution in [-0.4, -0.2) is 41.4 Å². The lowest BCUT2D eigenvalue weighted by Gasteiger charge is -2.35. The Kier molecular flexibility index (Phi) is 7.61. The third-order valence-electron chi connectivity index (χ3n) is 3.29. The third kappa shape index (κ3) is 7.68. The summed E-state index contributed by atoms with van der Waals surface area (Å²) in [6.07, 6.45) is 0.0869. The molecule has 0 radical (unpaired) electrons. The fourth-order valence-corrected chi connectivity index (χ4v) is 2.69. The predicted octanol–water partition coefficient (Wildman–Crippen LogP) is 3.88. The van der Waals surface area contributed by atoms with Gasteiger partial charge in [0.15, 0.2) is 0 Å². The summed E-state index contributed by atoms with van der Waals surface area (Å²) in [5.41, 5.74) is 5.16. The van der Waals surface area contributed by atoms with Gasteiger partial charge in [0.1, 0.15) is 20.8 Å². The van der Waals surface area contributed by atoms with E-state index in [1.54, 1.807) is 6.07 Å². The molecule has 3 heterocycles. The van der Waals surface area contributed by atoms with Crippen LogP contribution in [-0.2, 0) is 9.47 Å². The van der Waals surface area contributed by atoms with Crippen LogP contribution in [0.2, 0.25) is 0 Å². The average molecular weight is 474 g/mol. The molecule has 0 amide bonds. The van der Waals surface area contributed by atoms with Crippen LogP contribution in [0.5, 0.6) is 0 Å². The van der Waals surface area contributed by atoms with E-state index in [9.17, 15) is 0 Å². The number of hydrogen-bond donors (Lipinski definition) is 2. The first-order chi connectivity index (χ1) is 11.8. The number of hydrogen-bond acceptors (Lipinski definition) is 6. The molecule has 0 aromatic carbocycles. The van der Waals surface area contributed by atoms with E-state index >= 15 is 0 Å². The van der Waals surface area contributed by atoms with Gasteiger partial charge in [0.2, 0.25) is 0 Å². The summed E-state index contributed by atoms with van der Waals surface area (Å²) in [6, 6.07) is 11.2. The minimum absolute atomic E-state index is 0.0869. The fraction of sp³-hybridized carbons (Fsp3) is 0.412. The van der Waals surface area contributed by atoms with Gasteiger partial charge >= 0.3 is 0 Å². The van der Waals surface area contributed by atoms with Crippen LogP contribution in [0.15, 0.2) is 45.6 Å². The van der Waals surface area contributed by atoms with Crippen molar-refractivity contribution in [3.8, 4) is 0 Å². The van der Waals surface area contributed by atoms with E-state index < -0.39 is 0 Å². The van der Waals surface area contributed by atoms with Crippen molar-refractivity contribution in [2.45, 2.75) is 25.6 Å². The molecule has 136 valence electrons. The van der Waals surface area contributed by atoms with Crippen molar-refractivity contribution in [2.24, 2.45) is 0 Å². The number of halogens is 2. The minimum Gasteiger partial charge on any atom is -0.384 e. The smallest absolute Gasteiger partial charge is 0.127 e. The number of aromatic nitrogens is 2. The van der Waals surface area contributed by atoms with E-state index in [0.29, 0.717) is 25.6 Å². The quantitative estimate of drug-likeness (QED) is 0.658. The molecule has 0 aliphatic carbocycles. The summed E-state index contributed by atoms with van der Waals surface area (Å²) in [5.74, 6) is 1.38. The number of anilines is 2. The molecule has 1 aliphatic rings. The van der Waals surface area contributed by atoms with Gasteiger partial charge in [0, 0.05) is 6.54 Å². The number of nitrogens with one attached hydrogen (secondary N) is 1. The minimum atomic E-state index is -0.162. The highest BCUT2D eigenvalue weighted by Crippen LogP contribution is 2.18. The van der Waals surface area contributed by atoms with E-state index in [4.69, 9.17) is 15.2 Å². The highest BCUT2D eigenvalue weighted by Gasteiger charge is 2.28. The summed E-state index contributed by atoms with van der Waals surface area (Å²) >= 11 is 6.51. The van der Waals surface area contributed by atoms with Gasteiger partial charge in [-0.2, -0.15) is 0 Å². The molecule has 1 fully saturated rings. The maximum Gasteiger partial charge on any atom is 0.127 e. The van der Waals surface area contributed by atoms with Crippen molar-refractivity contribution < 1.29 is 9.47 Å². The molecule has 0 saturated carbocycles. The van der Waals surface area contributed by atoms with Gasteiger partial charge in [-0.05, 0) is 70.0 Å². The Labute approximate surface area is 164 Å². The zero-order valence-electron chi connectivity index (χ0n) is 14.2. The van der Waals surface area contributed by atoms with Gasteiger partial charge in [-0.1, -0.05) is 12.1 Å². The fourth-order valence-electron chi connectivity index (χ4n) is 1.99. The monoisotopic (exact) mass is 472 g/mol. The maximum absolute atomic E-state index is 5.72. The van der Waals surface area contributed by atoms with Crippen LogP contribution >= 0.6 is 31.9 Å². The van der Waals surface area contributed by atoms with E-state index in [1.807, 2.05) is 44.2 Å². The van der Waals surface area contributed by atoms with Crippen molar-refractivity contribution in [1.82, 2.24) is 9.97 Å². The van der Waals surface area contributed by atoms with Crippen LogP contribution in [0.25, 0.3) is 0 Å². The van der Waals surface area contributed by atoms with Crippen LogP contribution < -0.4 is 11.1 Å². The summed E-state index contributed by atoms with van der Waals surface area (Å²) in [4.78, 5) is 8.16. The Morgan fingerprint density at radius 1 is 1.16 bits per heavy atom.